The maximum absolute atomic E-state index is 12.8. The highest BCUT2D eigenvalue weighted by Gasteiger charge is 2.27. The van der Waals surface area contributed by atoms with E-state index in [9.17, 15) is 9.59 Å². The third kappa shape index (κ3) is 4.73. The lowest BCUT2D eigenvalue weighted by molar-refractivity contribution is -0.114. The number of rotatable bonds is 5. The standard InChI is InChI=1S/C23H27ClN2O3/c1-16(27)18-9-7-12-25(13-11-24)21(18)14-17-15-26(22(28)29-23(2,3)4)20-10-6-5-8-19(17)20/h5-10,12,15,21H,11,13-14H2,1-4H3/t21-/m0/s1. The lowest BCUT2D eigenvalue weighted by atomic mass is 9.93. The predicted molar refractivity (Wildman–Crippen MR) is 116 cm³/mol. The van der Waals surface area contributed by atoms with Crippen molar-refractivity contribution in [2.75, 3.05) is 12.4 Å². The molecule has 6 heteroatoms. The van der Waals surface area contributed by atoms with E-state index in [4.69, 9.17) is 16.3 Å². The number of ketones is 1. The van der Waals surface area contributed by atoms with Crippen LogP contribution in [0.5, 0.6) is 0 Å². The molecule has 0 fully saturated rings. The Hall–Kier alpha value is -2.53. The highest BCUT2D eigenvalue weighted by atomic mass is 35.5. The van der Waals surface area contributed by atoms with Crippen LogP contribution in [0, 0.1) is 0 Å². The number of carbonyl (C=O) groups is 2. The van der Waals surface area contributed by atoms with Crippen molar-refractivity contribution in [2.24, 2.45) is 0 Å². The number of halogens is 1. The Morgan fingerprint density at radius 2 is 1.93 bits per heavy atom. The summed E-state index contributed by atoms with van der Waals surface area (Å²) in [5.74, 6) is 0.501. The summed E-state index contributed by atoms with van der Waals surface area (Å²) in [5, 5.41) is 0.974. The van der Waals surface area contributed by atoms with E-state index in [2.05, 4.69) is 4.90 Å². The van der Waals surface area contributed by atoms with Gasteiger partial charge in [-0.25, -0.2) is 4.79 Å². The minimum Gasteiger partial charge on any atom is -0.443 e. The monoisotopic (exact) mass is 414 g/mol. The second-order valence-electron chi connectivity index (χ2n) is 8.19. The third-order valence-electron chi connectivity index (χ3n) is 4.86. The second kappa shape index (κ2) is 8.46. The van der Waals surface area contributed by atoms with E-state index in [0.29, 0.717) is 18.8 Å². The van der Waals surface area contributed by atoms with Crippen molar-refractivity contribution in [1.29, 1.82) is 0 Å². The summed E-state index contributed by atoms with van der Waals surface area (Å²) in [6.07, 6.45) is 7.71. The molecule has 2 aromatic rings. The largest absolute Gasteiger partial charge is 0.443 e. The minimum atomic E-state index is -0.585. The molecule has 0 saturated heterocycles. The summed E-state index contributed by atoms with van der Waals surface area (Å²) in [5.41, 5.74) is 1.93. The van der Waals surface area contributed by atoms with Crippen LogP contribution in [0.4, 0.5) is 4.79 Å². The summed E-state index contributed by atoms with van der Waals surface area (Å²) in [4.78, 5) is 27.1. The summed E-state index contributed by atoms with van der Waals surface area (Å²) >= 11 is 5.99. The zero-order valence-electron chi connectivity index (χ0n) is 17.3. The zero-order valence-corrected chi connectivity index (χ0v) is 18.1. The minimum absolute atomic E-state index is 0.0369. The van der Waals surface area contributed by atoms with E-state index in [0.717, 1.165) is 22.0 Å². The predicted octanol–water partition coefficient (Wildman–Crippen LogP) is 4.92. The number of alkyl halides is 1. The first kappa shape index (κ1) is 21.2. The number of carbonyl (C=O) groups excluding carboxylic acids is 2. The average Bonchev–Trinajstić information content (AvgIpc) is 3.01. The van der Waals surface area contributed by atoms with Crippen molar-refractivity contribution in [3.63, 3.8) is 0 Å². The third-order valence-corrected chi connectivity index (χ3v) is 5.03. The molecule has 29 heavy (non-hydrogen) atoms. The molecule has 1 aromatic heterocycles. The van der Waals surface area contributed by atoms with Crippen LogP contribution in [0.2, 0.25) is 0 Å². The van der Waals surface area contributed by atoms with Gasteiger partial charge in [0, 0.05) is 29.6 Å². The molecule has 0 radical (unpaired) electrons. The molecule has 3 rings (SSSR count). The van der Waals surface area contributed by atoms with Gasteiger partial charge in [-0.1, -0.05) is 24.3 Å². The molecule has 0 N–H and O–H groups in total. The Morgan fingerprint density at radius 1 is 1.21 bits per heavy atom. The highest BCUT2D eigenvalue weighted by molar-refractivity contribution is 6.18. The van der Waals surface area contributed by atoms with Crippen LogP contribution in [0.15, 0.2) is 54.4 Å². The van der Waals surface area contributed by atoms with Gasteiger partial charge in [-0.05, 0) is 58.0 Å². The van der Waals surface area contributed by atoms with Crippen LogP contribution >= 0.6 is 11.6 Å². The van der Waals surface area contributed by atoms with Crippen molar-refractivity contribution in [3.05, 3.63) is 60.0 Å². The van der Waals surface area contributed by atoms with E-state index in [1.807, 2.05) is 69.6 Å². The Balaban J connectivity index is 2.01. The van der Waals surface area contributed by atoms with Gasteiger partial charge in [0.1, 0.15) is 5.60 Å². The molecule has 0 amide bonds. The van der Waals surface area contributed by atoms with Gasteiger partial charge >= 0.3 is 6.09 Å². The first-order valence-corrected chi connectivity index (χ1v) is 10.3. The number of hydrogen-bond donors (Lipinski definition) is 0. The number of allylic oxidation sites excluding steroid dienone is 2. The summed E-state index contributed by atoms with van der Waals surface area (Å²) in [7, 11) is 0. The fourth-order valence-corrected chi connectivity index (χ4v) is 3.84. The van der Waals surface area contributed by atoms with Gasteiger partial charge in [0.2, 0.25) is 0 Å². The molecule has 0 bridgehead atoms. The molecule has 1 aliphatic heterocycles. The molecule has 1 aliphatic rings. The number of benzene rings is 1. The molecule has 154 valence electrons. The first-order chi connectivity index (χ1) is 13.7. The quantitative estimate of drug-likeness (QED) is 0.651. The molecule has 0 unspecified atom stereocenters. The van der Waals surface area contributed by atoms with Crippen LogP contribution < -0.4 is 0 Å². The van der Waals surface area contributed by atoms with Crippen LogP contribution in [-0.2, 0) is 16.0 Å². The van der Waals surface area contributed by atoms with Gasteiger partial charge in [-0.3, -0.25) is 9.36 Å². The number of ether oxygens (including phenoxy) is 1. The number of aromatic nitrogens is 1. The van der Waals surface area contributed by atoms with Gasteiger partial charge in [0.05, 0.1) is 11.6 Å². The molecule has 5 nitrogen and oxygen atoms in total. The number of Topliss-reactive ketones (excluding diaryl/α,β-unsaturated/α-hetero) is 1. The molecule has 1 aromatic carbocycles. The van der Waals surface area contributed by atoms with Crippen LogP contribution in [0.1, 0.15) is 33.3 Å². The fourth-order valence-electron chi connectivity index (χ4n) is 3.64. The van der Waals surface area contributed by atoms with Crippen molar-refractivity contribution in [2.45, 2.75) is 45.8 Å². The van der Waals surface area contributed by atoms with E-state index in [-0.39, 0.29) is 11.8 Å². The molecule has 2 heterocycles. The van der Waals surface area contributed by atoms with Crippen LogP contribution in [-0.4, -0.2) is 45.4 Å². The van der Waals surface area contributed by atoms with E-state index < -0.39 is 11.7 Å². The Morgan fingerprint density at radius 3 is 2.59 bits per heavy atom. The summed E-state index contributed by atoms with van der Waals surface area (Å²) < 4.78 is 7.13. The summed E-state index contributed by atoms with van der Waals surface area (Å²) in [6, 6.07) is 7.62. The normalized spacial score (nSPS) is 16.8. The fraction of sp³-hybridized carbons (Fsp3) is 0.391. The van der Waals surface area contributed by atoms with Crippen molar-refractivity contribution in [3.8, 4) is 0 Å². The molecule has 0 spiro atoms. The summed E-state index contributed by atoms with van der Waals surface area (Å²) in [6.45, 7) is 7.76. The number of hydrogen-bond acceptors (Lipinski definition) is 4. The van der Waals surface area contributed by atoms with Gasteiger partial charge in [0.25, 0.3) is 0 Å². The average molecular weight is 415 g/mol. The van der Waals surface area contributed by atoms with Gasteiger partial charge < -0.3 is 9.64 Å². The van der Waals surface area contributed by atoms with Crippen LogP contribution in [0.3, 0.4) is 0 Å². The van der Waals surface area contributed by atoms with E-state index >= 15 is 0 Å². The number of nitrogens with zero attached hydrogens (tertiary/aromatic N) is 2. The van der Waals surface area contributed by atoms with Gasteiger partial charge in [-0.15, -0.1) is 11.6 Å². The first-order valence-electron chi connectivity index (χ1n) is 9.74. The SMILES string of the molecule is CC(=O)C1=CC=CN(CCCl)[C@H]1Cc1cn(C(=O)OC(C)(C)C)c2ccccc12. The van der Waals surface area contributed by atoms with Crippen molar-refractivity contribution >= 4 is 34.4 Å². The van der Waals surface area contributed by atoms with Crippen LogP contribution in [0.25, 0.3) is 10.9 Å². The lowest BCUT2D eigenvalue weighted by Gasteiger charge is -2.33. The molecule has 0 aliphatic carbocycles. The number of fused-ring (bicyclic) bond motifs is 1. The van der Waals surface area contributed by atoms with Gasteiger partial charge in [-0.2, -0.15) is 0 Å². The second-order valence-corrected chi connectivity index (χ2v) is 8.57. The van der Waals surface area contributed by atoms with E-state index in [1.54, 1.807) is 11.5 Å². The maximum Gasteiger partial charge on any atom is 0.419 e. The topological polar surface area (TPSA) is 51.5 Å². The maximum atomic E-state index is 12.8. The highest BCUT2D eigenvalue weighted by Crippen LogP contribution is 2.28. The van der Waals surface area contributed by atoms with Crippen molar-refractivity contribution < 1.29 is 14.3 Å². The number of para-hydroxylation sites is 1. The Kier molecular flexibility index (Phi) is 6.18. The van der Waals surface area contributed by atoms with Crippen molar-refractivity contribution in [1.82, 2.24) is 9.47 Å². The molecular formula is C23H27ClN2O3. The molecule has 0 saturated carbocycles. The molecular weight excluding hydrogens is 388 g/mol. The zero-order chi connectivity index (χ0) is 21.2. The smallest absolute Gasteiger partial charge is 0.419 e. The van der Waals surface area contributed by atoms with Gasteiger partial charge in [0.15, 0.2) is 5.78 Å². The van der Waals surface area contributed by atoms with E-state index in [1.165, 1.54) is 0 Å². The Bertz CT molecular complexity index is 982. The Labute approximate surface area is 176 Å². The lowest BCUT2D eigenvalue weighted by Crippen LogP contribution is -2.39. The molecule has 1 atom stereocenters.